The van der Waals surface area contributed by atoms with Gasteiger partial charge in [0.25, 0.3) is 0 Å². The first-order valence-electron chi connectivity index (χ1n) is 6.36. The Morgan fingerprint density at radius 3 is 2.71 bits per heavy atom. The molecular weight excluding hydrogens is 216 g/mol. The quantitative estimate of drug-likeness (QED) is 0.792. The van der Waals surface area contributed by atoms with Crippen molar-refractivity contribution in [2.45, 2.75) is 58.8 Å². The molecule has 0 aliphatic rings. The highest BCUT2D eigenvalue weighted by Gasteiger charge is 2.20. The minimum atomic E-state index is -0.457. The molecule has 17 heavy (non-hydrogen) atoms. The zero-order valence-corrected chi connectivity index (χ0v) is 11.3. The molecule has 0 aromatic carbocycles. The first-order valence-corrected chi connectivity index (χ1v) is 6.36. The van der Waals surface area contributed by atoms with Crippen LogP contribution in [-0.4, -0.2) is 34.2 Å². The summed E-state index contributed by atoms with van der Waals surface area (Å²) in [6, 6.07) is 2.03. The molecule has 1 N–H and O–H groups in total. The van der Waals surface area contributed by atoms with Crippen LogP contribution >= 0.6 is 0 Å². The predicted octanol–water partition coefficient (Wildman–Crippen LogP) is 1.93. The molecule has 0 saturated carbocycles. The van der Waals surface area contributed by atoms with Gasteiger partial charge in [-0.25, -0.2) is 0 Å². The maximum absolute atomic E-state index is 10.2. The fourth-order valence-electron chi connectivity index (χ4n) is 2.13. The lowest BCUT2D eigenvalue weighted by atomic mass is 10.0. The monoisotopic (exact) mass is 240 g/mol. The van der Waals surface area contributed by atoms with Crippen molar-refractivity contribution in [1.29, 1.82) is 0 Å². The van der Waals surface area contributed by atoms with Gasteiger partial charge < -0.3 is 9.84 Å². The van der Waals surface area contributed by atoms with Crippen LogP contribution in [0.15, 0.2) is 6.07 Å². The van der Waals surface area contributed by atoms with E-state index in [4.69, 9.17) is 4.74 Å². The molecule has 0 aliphatic heterocycles. The van der Waals surface area contributed by atoms with E-state index in [9.17, 15) is 5.11 Å². The van der Waals surface area contributed by atoms with Crippen LogP contribution in [0.4, 0.5) is 0 Å². The molecule has 2 atom stereocenters. The zero-order chi connectivity index (χ0) is 12.8. The number of aliphatic hydroxyl groups is 1. The van der Waals surface area contributed by atoms with Crippen molar-refractivity contribution in [3.05, 3.63) is 17.5 Å². The fraction of sp³-hybridized carbons (Fsp3) is 0.769. The van der Waals surface area contributed by atoms with Crippen LogP contribution in [0.1, 0.15) is 38.1 Å². The summed E-state index contributed by atoms with van der Waals surface area (Å²) in [5.41, 5.74) is 2.08. The van der Waals surface area contributed by atoms with Crippen molar-refractivity contribution in [3.8, 4) is 0 Å². The van der Waals surface area contributed by atoms with Gasteiger partial charge in [0.2, 0.25) is 0 Å². The number of ether oxygens (including phenoxy) is 1. The van der Waals surface area contributed by atoms with Crippen LogP contribution < -0.4 is 0 Å². The third-order valence-corrected chi connectivity index (χ3v) is 3.01. The topological polar surface area (TPSA) is 47.3 Å². The van der Waals surface area contributed by atoms with Gasteiger partial charge in [-0.15, -0.1) is 0 Å². The second kappa shape index (κ2) is 6.77. The zero-order valence-electron chi connectivity index (χ0n) is 11.3. The van der Waals surface area contributed by atoms with E-state index in [0.29, 0.717) is 6.42 Å². The van der Waals surface area contributed by atoms with Gasteiger partial charge in [0.1, 0.15) is 0 Å². The summed E-state index contributed by atoms with van der Waals surface area (Å²) in [7, 11) is 1.66. The smallest absolute Gasteiger partial charge is 0.0856 e. The van der Waals surface area contributed by atoms with E-state index in [1.54, 1.807) is 7.11 Å². The lowest BCUT2D eigenvalue weighted by Crippen LogP contribution is -2.30. The van der Waals surface area contributed by atoms with Gasteiger partial charge in [0, 0.05) is 25.8 Å². The van der Waals surface area contributed by atoms with Crippen LogP contribution in [-0.2, 0) is 17.7 Å². The van der Waals surface area contributed by atoms with Crippen molar-refractivity contribution in [2.24, 2.45) is 0 Å². The Kier molecular flexibility index (Phi) is 5.65. The van der Waals surface area contributed by atoms with Crippen LogP contribution in [0.3, 0.4) is 0 Å². The number of methoxy groups -OCH3 is 1. The van der Waals surface area contributed by atoms with E-state index in [0.717, 1.165) is 30.8 Å². The maximum Gasteiger partial charge on any atom is 0.0856 e. The Balaban J connectivity index is 2.68. The highest BCUT2D eigenvalue weighted by Crippen LogP contribution is 2.13. The number of aryl methyl sites for hydroxylation is 2. The predicted molar refractivity (Wildman–Crippen MR) is 68.1 cm³/mol. The summed E-state index contributed by atoms with van der Waals surface area (Å²) < 4.78 is 7.27. The summed E-state index contributed by atoms with van der Waals surface area (Å²) in [5.74, 6) is 0. The molecular formula is C13H24N2O2. The fourth-order valence-corrected chi connectivity index (χ4v) is 2.13. The minimum Gasteiger partial charge on any atom is -0.390 e. The number of hydrogen-bond acceptors (Lipinski definition) is 3. The van der Waals surface area contributed by atoms with Gasteiger partial charge in [-0.2, -0.15) is 5.10 Å². The van der Waals surface area contributed by atoms with Crippen LogP contribution in [0.25, 0.3) is 0 Å². The van der Waals surface area contributed by atoms with Crippen molar-refractivity contribution in [1.82, 2.24) is 9.78 Å². The summed E-state index contributed by atoms with van der Waals surface area (Å²) >= 11 is 0. The maximum atomic E-state index is 10.2. The van der Waals surface area contributed by atoms with E-state index < -0.39 is 6.10 Å². The molecule has 1 aromatic heterocycles. The largest absolute Gasteiger partial charge is 0.390 e. The highest BCUT2D eigenvalue weighted by atomic mass is 16.5. The van der Waals surface area contributed by atoms with Gasteiger partial charge in [-0.1, -0.05) is 13.3 Å². The van der Waals surface area contributed by atoms with Crippen molar-refractivity contribution in [2.75, 3.05) is 7.11 Å². The third kappa shape index (κ3) is 3.82. The Morgan fingerprint density at radius 2 is 2.18 bits per heavy atom. The minimum absolute atomic E-state index is 0.0829. The molecule has 0 spiro atoms. The molecule has 0 saturated heterocycles. The lowest BCUT2D eigenvalue weighted by molar-refractivity contribution is -0.0167. The summed E-state index contributed by atoms with van der Waals surface area (Å²) in [6.07, 6.45) is 1.97. The second-order valence-electron chi connectivity index (χ2n) is 4.43. The molecule has 1 heterocycles. The van der Waals surface area contributed by atoms with Gasteiger partial charge in [0.05, 0.1) is 17.9 Å². The summed E-state index contributed by atoms with van der Waals surface area (Å²) in [6.45, 7) is 6.96. The molecule has 4 nitrogen and oxygen atoms in total. The van der Waals surface area contributed by atoms with Gasteiger partial charge in [-0.05, 0) is 26.3 Å². The van der Waals surface area contributed by atoms with Gasteiger partial charge in [-0.3, -0.25) is 4.68 Å². The number of rotatable bonds is 7. The van der Waals surface area contributed by atoms with E-state index in [1.165, 1.54) is 0 Å². The third-order valence-electron chi connectivity index (χ3n) is 3.01. The van der Waals surface area contributed by atoms with Crippen molar-refractivity contribution >= 4 is 0 Å². The van der Waals surface area contributed by atoms with Crippen LogP contribution in [0.5, 0.6) is 0 Å². The summed E-state index contributed by atoms with van der Waals surface area (Å²) in [4.78, 5) is 0. The Morgan fingerprint density at radius 1 is 1.47 bits per heavy atom. The number of nitrogens with zero attached hydrogens (tertiary/aromatic N) is 2. The van der Waals surface area contributed by atoms with E-state index in [1.807, 2.05) is 17.7 Å². The van der Waals surface area contributed by atoms with Gasteiger partial charge in [0.15, 0.2) is 0 Å². The molecule has 0 fully saturated rings. The average molecular weight is 240 g/mol. The number of aliphatic hydroxyl groups excluding tert-OH is 1. The number of hydrogen-bond donors (Lipinski definition) is 1. The van der Waals surface area contributed by atoms with Crippen molar-refractivity contribution < 1.29 is 9.84 Å². The molecule has 4 heteroatoms. The molecule has 1 aromatic rings. The normalized spacial score (nSPS) is 14.9. The molecule has 0 radical (unpaired) electrons. The standard InChI is InChI=1S/C13H24N2O2/c1-5-7-13(17-4)12(16)9-11-8-10(3)14-15(11)6-2/h8,12-13,16H,5-7,9H2,1-4H3. The Bertz CT molecular complexity index is 336. The molecule has 98 valence electrons. The van der Waals surface area contributed by atoms with Crippen molar-refractivity contribution in [3.63, 3.8) is 0 Å². The molecule has 0 amide bonds. The molecule has 0 bridgehead atoms. The van der Waals surface area contributed by atoms with E-state index >= 15 is 0 Å². The lowest BCUT2D eigenvalue weighted by Gasteiger charge is -2.21. The van der Waals surface area contributed by atoms with E-state index in [2.05, 4.69) is 18.9 Å². The Labute approximate surface area is 104 Å². The van der Waals surface area contributed by atoms with Gasteiger partial charge >= 0.3 is 0 Å². The first-order chi connectivity index (χ1) is 8.12. The SMILES string of the molecule is CCCC(OC)C(O)Cc1cc(C)nn1CC. The molecule has 1 rings (SSSR count). The molecule has 0 aliphatic carbocycles. The highest BCUT2D eigenvalue weighted by molar-refractivity contribution is 5.10. The van der Waals surface area contributed by atoms with Crippen LogP contribution in [0, 0.1) is 6.92 Å². The summed E-state index contributed by atoms with van der Waals surface area (Å²) in [5, 5.41) is 14.5. The number of aromatic nitrogens is 2. The van der Waals surface area contributed by atoms with Crippen LogP contribution in [0.2, 0.25) is 0 Å². The first kappa shape index (κ1) is 14.2. The molecule has 2 unspecified atom stereocenters. The van der Waals surface area contributed by atoms with E-state index in [-0.39, 0.29) is 6.10 Å². The average Bonchev–Trinajstić information content (AvgIpc) is 2.66. The Hall–Kier alpha value is -0.870. The second-order valence-corrected chi connectivity index (χ2v) is 4.43.